The molecule has 2 aromatic heterocycles. The maximum Gasteiger partial charge on any atom is 0.223 e. The second-order valence-electron chi connectivity index (χ2n) is 7.51. The number of hydrogen-bond donors (Lipinski definition) is 2. The summed E-state index contributed by atoms with van der Waals surface area (Å²) < 4.78 is 12.7. The zero-order valence-electron chi connectivity index (χ0n) is 15.9. The van der Waals surface area contributed by atoms with Gasteiger partial charge in [-0.15, -0.1) is 5.10 Å². The van der Waals surface area contributed by atoms with Crippen LogP contribution < -0.4 is 20.5 Å². The summed E-state index contributed by atoms with van der Waals surface area (Å²) in [5.41, 5.74) is 9.93. The maximum atomic E-state index is 6.17. The summed E-state index contributed by atoms with van der Waals surface area (Å²) in [7, 11) is 1.62. The number of aromatic nitrogens is 4. The molecule has 0 bridgehead atoms. The van der Waals surface area contributed by atoms with Gasteiger partial charge in [-0.1, -0.05) is 12.1 Å². The monoisotopic (exact) mass is 388 g/mol. The predicted molar refractivity (Wildman–Crippen MR) is 110 cm³/mol. The Balaban J connectivity index is 1.39. The van der Waals surface area contributed by atoms with Crippen LogP contribution in [0.15, 0.2) is 36.4 Å². The third-order valence-electron chi connectivity index (χ3n) is 5.76. The third kappa shape index (κ3) is 2.48. The minimum atomic E-state index is 0.275. The Bertz CT molecular complexity index is 1270. The van der Waals surface area contributed by atoms with Gasteiger partial charge in [0.2, 0.25) is 5.95 Å². The van der Waals surface area contributed by atoms with Gasteiger partial charge in [0, 0.05) is 17.8 Å². The average Bonchev–Trinajstić information content (AvgIpc) is 3.43. The van der Waals surface area contributed by atoms with Crippen LogP contribution in [-0.4, -0.2) is 39.8 Å². The Labute approximate surface area is 166 Å². The lowest BCUT2D eigenvalue weighted by Crippen LogP contribution is -2.17. The van der Waals surface area contributed by atoms with Crippen molar-refractivity contribution in [3.63, 3.8) is 0 Å². The van der Waals surface area contributed by atoms with E-state index < -0.39 is 0 Å². The molecule has 1 saturated carbocycles. The van der Waals surface area contributed by atoms with Gasteiger partial charge >= 0.3 is 0 Å². The van der Waals surface area contributed by atoms with Crippen LogP contribution in [0.1, 0.15) is 29.6 Å². The molecule has 2 atom stereocenters. The van der Waals surface area contributed by atoms with E-state index in [1.54, 1.807) is 11.6 Å². The second kappa shape index (κ2) is 5.97. The van der Waals surface area contributed by atoms with Crippen molar-refractivity contribution in [2.75, 3.05) is 31.3 Å². The standard InChI is InChI=1S/C21H20N6O2/c1-28-17-4-2-3-12-18(17)24-21(22)27-20(12)25-19(26-27)14-10-13(14)11-5-6-16-15(9-11)23-7-8-29-16/h2-6,9,13-14,23H,7-8,10H2,1H3,(H2,22,24). The summed E-state index contributed by atoms with van der Waals surface area (Å²) in [5.74, 6) is 3.38. The average molecular weight is 388 g/mol. The normalized spacial score (nSPS) is 20.2. The van der Waals surface area contributed by atoms with E-state index >= 15 is 0 Å². The first-order chi connectivity index (χ1) is 14.2. The fourth-order valence-electron chi connectivity index (χ4n) is 4.20. The Hall–Kier alpha value is -3.55. The van der Waals surface area contributed by atoms with Crippen LogP contribution in [0.3, 0.4) is 0 Å². The van der Waals surface area contributed by atoms with Crippen LogP contribution in [0.5, 0.6) is 11.5 Å². The number of nitrogen functional groups attached to an aromatic ring is 1. The van der Waals surface area contributed by atoms with Crippen molar-refractivity contribution in [2.24, 2.45) is 0 Å². The Morgan fingerprint density at radius 3 is 3.03 bits per heavy atom. The lowest BCUT2D eigenvalue weighted by molar-refractivity contribution is 0.323. The lowest BCUT2D eigenvalue weighted by atomic mass is 10.1. The van der Waals surface area contributed by atoms with E-state index in [0.29, 0.717) is 35.4 Å². The van der Waals surface area contributed by atoms with Gasteiger partial charge in [0.15, 0.2) is 11.5 Å². The molecule has 29 heavy (non-hydrogen) atoms. The van der Waals surface area contributed by atoms with E-state index in [0.717, 1.165) is 35.6 Å². The van der Waals surface area contributed by atoms with Crippen molar-refractivity contribution in [3.05, 3.63) is 47.8 Å². The van der Waals surface area contributed by atoms with Gasteiger partial charge in [-0.2, -0.15) is 4.52 Å². The number of methoxy groups -OCH3 is 1. The number of fused-ring (bicyclic) bond motifs is 4. The van der Waals surface area contributed by atoms with Gasteiger partial charge in [-0.05, 0) is 42.2 Å². The fraction of sp³-hybridized carbons (Fsp3) is 0.286. The van der Waals surface area contributed by atoms with Crippen LogP contribution in [0, 0.1) is 0 Å². The van der Waals surface area contributed by atoms with Gasteiger partial charge in [0.1, 0.15) is 23.6 Å². The van der Waals surface area contributed by atoms with Gasteiger partial charge < -0.3 is 20.5 Å². The molecule has 6 rings (SSSR count). The fourth-order valence-corrected chi connectivity index (χ4v) is 4.20. The van der Waals surface area contributed by atoms with E-state index in [1.807, 2.05) is 24.3 Å². The van der Waals surface area contributed by atoms with Gasteiger partial charge in [-0.3, -0.25) is 0 Å². The first-order valence-electron chi connectivity index (χ1n) is 9.72. The summed E-state index contributed by atoms with van der Waals surface area (Å²) in [6.07, 6.45) is 1.02. The van der Waals surface area contributed by atoms with Crippen LogP contribution in [-0.2, 0) is 0 Å². The third-order valence-corrected chi connectivity index (χ3v) is 5.76. The molecular formula is C21H20N6O2. The molecule has 8 heteroatoms. The molecule has 0 radical (unpaired) electrons. The highest BCUT2D eigenvalue weighted by molar-refractivity contribution is 5.95. The minimum absolute atomic E-state index is 0.275. The van der Waals surface area contributed by atoms with Crippen LogP contribution in [0.2, 0.25) is 0 Å². The Morgan fingerprint density at radius 2 is 2.14 bits per heavy atom. The number of para-hydroxylation sites is 1. The SMILES string of the molecule is COc1cccc2c1nc(N)n1nc(C3CC3c3ccc4c(c3)NCCO4)nc21. The number of rotatable bonds is 3. The largest absolute Gasteiger partial charge is 0.494 e. The van der Waals surface area contributed by atoms with Crippen molar-refractivity contribution in [3.8, 4) is 11.5 Å². The molecule has 0 amide bonds. The lowest BCUT2D eigenvalue weighted by Gasteiger charge is -2.19. The van der Waals surface area contributed by atoms with Crippen LogP contribution in [0.4, 0.5) is 11.6 Å². The van der Waals surface area contributed by atoms with E-state index in [-0.39, 0.29) is 5.92 Å². The second-order valence-corrected chi connectivity index (χ2v) is 7.51. The van der Waals surface area contributed by atoms with Gasteiger partial charge in [0.05, 0.1) is 12.8 Å². The molecule has 0 spiro atoms. The molecule has 2 unspecified atom stereocenters. The van der Waals surface area contributed by atoms with Crippen molar-refractivity contribution in [1.29, 1.82) is 0 Å². The highest BCUT2D eigenvalue weighted by Gasteiger charge is 2.43. The predicted octanol–water partition coefficient (Wildman–Crippen LogP) is 2.94. The van der Waals surface area contributed by atoms with Crippen molar-refractivity contribution in [1.82, 2.24) is 19.6 Å². The molecule has 4 aromatic rings. The molecule has 1 aliphatic heterocycles. The summed E-state index contributed by atoms with van der Waals surface area (Å²) in [4.78, 5) is 9.32. The van der Waals surface area contributed by atoms with Crippen molar-refractivity contribution < 1.29 is 9.47 Å². The van der Waals surface area contributed by atoms with Crippen molar-refractivity contribution in [2.45, 2.75) is 18.3 Å². The van der Waals surface area contributed by atoms with Crippen LogP contribution >= 0.6 is 0 Å². The zero-order chi connectivity index (χ0) is 19.5. The zero-order valence-corrected chi connectivity index (χ0v) is 15.9. The first-order valence-corrected chi connectivity index (χ1v) is 9.72. The number of hydrogen-bond acceptors (Lipinski definition) is 7. The maximum absolute atomic E-state index is 6.17. The highest BCUT2D eigenvalue weighted by atomic mass is 16.5. The Morgan fingerprint density at radius 1 is 1.21 bits per heavy atom. The summed E-state index contributed by atoms with van der Waals surface area (Å²) >= 11 is 0. The number of nitrogens with zero attached hydrogens (tertiary/aromatic N) is 4. The molecule has 0 saturated heterocycles. The van der Waals surface area contributed by atoms with Crippen molar-refractivity contribution >= 4 is 28.2 Å². The summed E-state index contributed by atoms with van der Waals surface area (Å²) in [5, 5.41) is 8.96. The molecule has 2 aromatic carbocycles. The topological polar surface area (TPSA) is 99.6 Å². The smallest absolute Gasteiger partial charge is 0.223 e. The van der Waals surface area contributed by atoms with E-state index in [1.165, 1.54) is 5.56 Å². The molecular weight excluding hydrogens is 368 g/mol. The Kier molecular flexibility index (Phi) is 3.38. The number of anilines is 2. The first kappa shape index (κ1) is 16.4. The summed E-state index contributed by atoms with van der Waals surface area (Å²) in [6.45, 7) is 1.54. The highest BCUT2D eigenvalue weighted by Crippen LogP contribution is 2.54. The molecule has 146 valence electrons. The minimum Gasteiger partial charge on any atom is -0.494 e. The van der Waals surface area contributed by atoms with E-state index in [9.17, 15) is 0 Å². The van der Waals surface area contributed by atoms with Gasteiger partial charge in [0.25, 0.3) is 0 Å². The molecule has 3 heterocycles. The van der Waals surface area contributed by atoms with Crippen LogP contribution in [0.25, 0.3) is 16.6 Å². The summed E-state index contributed by atoms with van der Waals surface area (Å²) in [6, 6.07) is 12.1. The van der Waals surface area contributed by atoms with Gasteiger partial charge in [-0.25, -0.2) is 9.97 Å². The number of benzene rings is 2. The molecule has 1 fully saturated rings. The quantitative estimate of drug-likeness (QED) is 0.557. The molecule has 1 aliphatic carbocycles. The number of nitrogens with two attached hydrogens (primary N) is 1. The molecule has 3 N–H and O–H groups in total. The molecule has 8 nitrogen and oxygen atoms in total. The number of ether oxygens (including phenoxy) is 2. The molecule has 2 aliphatic rings. The number of nitrogens with one attached hydrogen (secondary N) is 1. The van der Waals surface area contributed by atoms with E-state index in [2.05, 4.69) is 27.5 Å². The van der Waals surface area contributed by atoms with E-state index in [4.69, 9.17) is 20.2 Å².